The zero-order valence-electron chi connectivity index (χ0n) is 10.8. The Morgan fingerprint density at radius 2 is 1.83 bits per heavy atom. The van der Waals surface area contributed by atoms with Crippen molar-refractivity contribution in [2.45, 2.75) is 19.8 Å². The normalized spacial score (nSPS) is 21.3. The Kier molecular flexibility index (Phi) is 3.03. The van der Waals surface area contributed by atoms with Crippen LogP contribution in [0.1, 0.15) is 18.7 Å². The van der Waals surface area contributed by atoms with Crippen molar-refractivity contribution in [2.24, 2.45) is 5.92 Å². The van der Waals surface area contributed by atoms with Gasteiger partial charge in [-0.15, -0.1) is 0 Å². The standard InChI is InChI=1S/C12H20N6/c1-9-14-11(13)16-12(15-9)18-6-4-17(5-7-18)8-10-2-3-10/h10H,2-8H2,1H3,(H2,13,14,15,16). The number of hydrogen-bond donors (Lipinski definition) is 1. The summed E-state index contributed by atoms with van der Waals surface area (Å²) in [5.41, 5.74) is 5.67. The zero-order valence-corrected chi connectivity index (χ0v) is 10.8. The van der Waals surface area contributed by atoms with Gasteiger partial charge in [0.05, 0.1) is 0 Å². The van der Waals surface area contributed by atoms with Gasteiger partial charge in [-0.1, -0.05) is 0 Å². The topological polar surface area (TPSA) is 71.2 Å². The first-order chi connectivity index (χ1) is 8.70. The highest BCUT2D eigenvalue weighted by atomic mass is 15.3. The van der Waals surface area contributed by atoms with Gasteiger partial charge in [-0.2, -0.15) is 15.0 Å². The lowest BCUT2D eigenvalue weighted by atomic mass is 10.3. The molecule has 2 heterocycles. The van der Waals surface area contributed by atoms with E-state index in [2.05, 4.69) is 24.8 Å². The van der Waals surface area contributed by atoms with Crippen LogP contribution in [-0.4, -0.2) is 52.6 Å². The average Bonchev–Trinajstić information content (AvgIpc) is 3.12. The molecule has 2 fully saturated rings. The first-order valence-electron chi connectivity index (χ1n) is 6.66. The van der Waals surface area contributed by atoms with Crippen molar-refractivity contribution in [1.82, 2.24) is 19.9 Å². The number of nitrogens with two attached hydrogens (primary N) is 1. The number of rotatable bonds is 3. The summed E-state index contributed by atoms with van der Waals surface area (Å²) in [4.78, 5) is 17.3. The van der Waals surface area contributed by atoms with Crippen LogP contribution in [0.25, 0.3) is 0 Å². The third-order valence-electron chi connectivity index (χ3n) is 3.62. The maximum atomic E-state index is 5.67. The summed E-state index contributed by atoms with van der Waals surface area (Å²) in [6, 6.07) is 0. The van der Waals surface area contributed by atoms with E-state index in [4.69, 9.17) is 5.73 Å². The van der Waals surface area contributed by atoms with Crippen LogP contribution in [0.3, 0.4) is 0 Å². The smallest absolute Gasteiger partial charge is 0.230 e. The van der Waals surface area contributed by atoms with Crippen molar-refractivity contribution in [1.29, 1.82) is 0 Å². The van der Waals surface area contributed by atoms with Crippen molar-refractivity contribution in [3.63, 3.8) is 0 Å². The summed E-state index contributed by atoms with van der Waals surface area (Å²) in [6.45, 7) is 7.28. The summed E-state index contributed by atoms with van der Waals surface area (Å²) < 4.78 is 0. The molecule has 1 saturated carbocycles. The molecular formula is C12H20N6. The number of aromatic nitrogens is 3. The Morgan fingerprint density at radius 3 is 2.44 bits per heavy atom. The molecule has 1 aromatic rings. The molecule has 0 bridgehead atoms. The van der Waals surface area contributed by atoms with Gasteiger partial charge in [-0.3, -0.25) is 4.90 Å². The van der Waals surface area contributed by atoms with Gasteiger partial charge in [0.15, 0.2) is 0 Å². The molecule has 3 rings (SSSR count). The van der Waals surface area contributed by atoms with Crippen molar-refractivity contribution < 1.29 is 0 Å². The molecule has 0 atom stereocenters. The maximum Gasteiger partial charge on any atom is 0.230 e. The van der Waals surface area contributed by atoms with Crippen LogP contribution in [0.15, 0.2) is 0 Å². The predicted molar refractivity (Wildman–Crippen MR) is 70.4 cm³/mol. The van der Waals surface area contributed by atoms with Crippen LogP contribution in [0.5, 0.6) is 0 Å². The lowest BCUT2D eigenvalue weighted by Crippen LogP contribution is -2.47. The number of anilines is 2. The van der Waals surface area contributed by atoms with Crippen molar-refractivity contribution >= 4 is 11.9 Å². The SMILES string of the molecule is Cc1nc(N)nc(N2CCN(CC3CC3)CC2)n1. The average molecular weight is 248 g/mol. The fourth-order valence-corrected chi connectivity index (χ4v) is 2.43. The Balaban J connectivity index is 1.60. The second-order valence-electron chi connectivity index (χ2n) is 5.27. The molecule has 0 spiro atoms. The van der Waals surface area contributed by atoms with Crippen molar-refractivity contribution in [3.05, 3.63) is 5.82 Å². The molecule has 0 amide bonds. The van der Waals surface area contributed by atoms with Crippen LogP contribution >= 0.6 is 0 Å². The van der Waals surface area contributed by atoms with E-state index < -0.39 is 0 Å². The summed E-state index contributed by atoms with van der Waals surface area (Å²) in [6.07, 6.45) is 2.84. The highest BCUT2D eigenvalue weighted by Gasteiger charge is 2.27. The number of nitrogens with zero attached hydrogens (tertiary/aromatic N) is 5. The largest absolute Gasteiger partial charge is 0.368 e. The molecule has 0 radical (unpaired) electrons. The van der Waals surface area contributed by atoms with Crippen molar-refractivity contribution in [3.8, 4) is 0 Å². The monoisotopic (exact) mass is 248 g/mol. The van der Waals surface area contributed by atoms with Gasteiger partial charge in [-0.25, -0.2) is 0 Å². The minimum absolute atomic E-state index is 0.318. The fourth-order valence-electron chi connectivity index (χ4n) is 2.43. The first-order valence-corrected chi connectivity index (χ1v) is 6.66. The van der Waals surface area contributed by atoms with E-state index in [1.165, 1.54) is 19.4 Å². The minimum atomic E-state index is 0.318. The van der Waals surface area contributed by atoms with Crippen LogP contribution in [-0.2, 0) is 0 Å². The molecule has 1 aromatic heterocycles. The Labute approximate surface area is 107 Å². The van der Waals surface area contributed by atoms with E-state index in [9.17, 15) is 0 Å². The van der Waals surface area contributed by atoms with Gasteiger partial charge in [0.25, 0.3) is 0 Å². The molecular weight excluding hydrogens is 228 g/mol. The highest BCUT2D eigenvalue weighted by Crippen LogP contribution is 2.30. The van der Waals surface area contributed by atoms with Gasteiger partial charge in [0, 0.05) is 32.7 Å². The lowest BCUT2D eigenvalue weighted by Gasteiger charge is -2.34. The third kappa shape index (κ3) is 2.69. The molecule has 1 aliphatic heterocycles. The van der Waals surface area contributed by atoms with Crippen LogP contribution in [0, 0.1) is 12.8 Å². The fraction of sp³-hybridized carbons (Fsp3) is 0.750. The maximum absolute atomic E-state index is 5.67. The number of aryl methyl sites for hydroxylation is 1. The van der Waals surface area contributed by atoms with E-state index >= 15 is 0 Å². The van der Waals surface area contributed by atoms with E-state index in [1.54, 1.807) is 0 Å². The summed E-state index contributed by atoms with van der Waals surface area (Å²) in [7, 11) is 0. The highest BCUT2D eigenvalue weighted by molar-refractivity contribution is 5.35. The van der Waals surface area contributed by atoms with E-state index in [1.807, 2.05) is 6.92 Å². The second-order valence-corrected chi connectivity index (χ2v) is 5.27. The number of nitrogen functional groups attached to an aromatic ring is 1. The summed E-state index contributed by atoms with van der Waals surface area (Å²) >= 11 is 0. The molecule has 0 unspecified atom stereocenters. The van der Waals surface area contributed by atoms with Crippen molar-refractivity contribution in [2.75, 3.05) is 43.4 Å². The van der Waals surface area contributed by atoms with Gasteiger partial charge in [0.2, 0.25) is 11.9 Å². The second kappa shape index (κ2) is 4.68. The quantitative estimate of drug-likeness (QED) is 0.829. The van der Waals surface area contributed by atoms with E-state index in [0.29, 0.717) is 11.8 Å². The molecule has 0 aromatic carbocycles. The zero-order chi connectivity index (χ0) is 12.5. The van der Waals surface area contributed by atoms with Gasteiger partial charge < -0.3 is 10.6 Å². The van der Waals surface area contributed by atoms with Crippen LogP contribution < -0.4 is 10.6 Å². The molecule has 98 valence electrons. The molecule has 6 nitrogen and oxygen atoms in total. The molecule has 2 aliphatic rings. The Bertz CT molecular complexity index is 402. The molecule has 18 heavy (non-hydrogen) atoms. The predicted octanol–water partition coefficient (Wildman–Crippen LogP) is 0.294. The third-order valence-corrected chi connectivity index (χ3v) is 3.62. The molecule has 6 heteroatoms. The molecule has 1 aliphatic carbocycles. The molecule has 2 N–H and O–H groups in total. The van der Waals surface area contributed by atoms with Crippen LogP contribution in [0.4, 0.5) is 11.9 Å². The van der Waals surface area contributed by atoms with Gasteiger partial charge in [0.1, 0.15) is 5.82 Å². The van der Waals surface area contributed by atoms with Gasteiger partial charge >= 0.3 is 0 Å². The van der Waals surface area contributed by atoms with E-state index in [0.717, 1.165) is 38.0 Å². The Morgan fingerprint density at radius 1 is 1.11 bits per heavy atom. The first kappa shape index (κ1) is 11.6. The van der Waals surface area contributed by atoms with E-state index in [-0.39, 0.29) is 0 Å². The van der Waals surface area contributed by atoms with Crippen LogP contribution in [0.2, 0.25) is 0 Å². The summed E-state index contributed by atoms with van der Waals surface area (Å²) in [5.74, 6) is 2.70. The van der Waals surface area contributed by atoms with Gasteiger partial charge in [-0.05, 0) is 25.7 Å². The summed E-state index contributed by atoms with van der Waals surface area (Å²) in [5, 5.41) is 0. The number of hydrogen-bond acceptors (Lipinski definition) is 6. The Hall–Kier alpha value is -1.43. The molecule has 1 saturated heterocycles. The lowest BCUT2D eigenvalue weighted by molar-refractivity contribution is 0.247. The minimum Gasteiger partial charge on any atom is -0.368 e. The number of piperazine rings is 1.